The van der Waals surface area contributed by atoms with Crippen LogP contribution in [-0.4, -0.2) is 27.0 Å². The Bertz CT molecular complexity index is 1240. The van der Waals surface area contributed by atoms with Gasteiger partial charge in [0.05, 0.1) is 10.9 Å². The summed E-state index contributed by atoms with van der Waals surface area (Å²) in [5, 5.41) is 4.28. The minimum Gasteiger partial charge on any atom is -0.352 e. The quantitative estimate of drug-likeness (QED) is 0.157. The second-order valence-corrected chi connectivity index (χ2v) is 9.99. The molecule has 1 amide bonds. The van der Waals surface area contributed by atoms with Crippen molar-refractivity contribution in [3.05, 3.63) is 75.9 Å². The number of unbranched alkanes of at least 4 members (excludes halogenated alkanes) is 2. The van der Waals surface area contributed by atoms with Crippen LogP contribution in [-0.2, 0) is 12.3 Å². The van der Waals surface area contributed by atoms with Gasteiger partial charge in [-0.2, -0.15) is 0 Å². The number of carbonyl (C=O) groups is 1. The van der Waals surface area contributed by atoms with Crippen molar-refractivity contribution in [1.29, 1.82) is 0 Å². The normalized spacial score (nSPS) is 13.6. The fourth-order valence-electron chi connectivity index (χ4n) is 4.37. The smallest absolute Gasteiger partial charge is 0.262 e. The molecule has 1 aromatic carbocycles. The molecule has 35 heavy (non-hydrogen) atoms. The number of thioether (sulfide) groups is 1. The molecule has 0 fully saturated rings. The van der Waals surface area contributed by atoms with Crippen LogP contribution in [0.1, 0.15) is 74.2 Å². The maximum atomic E-state index is 13.4. The Labute approximate surface area is 211 Å². The molecule has 1 N–H and O–H groups in total. The van der Waals surface area contributed by atoms with Gasteiger partial charge in [0, 0.05) is 36.8 Å². The van der Waals surface area contributed by atoms with E-state index in [9.17, 15) is 9.59 Å². The van der Waals surface area contributed by atoms with Gasteiger partial charge in [-0.05, 0) is 74.4 Å². The number of pyridine rings is 1. The molecule has 6 nitrogen and oxygen atoms in total. The van der Waals surface area contributed by atoms with Crippen molar-refractivity contribution in [3.8, 4) is 0 Å². The van der Waals surface area contributed by atoms with Crippen molar-refractivity contribution in [2.45, 2.75) is 75.7 Å². The molecule has 0 unspecified atom stereocenters. The van der Waals surface area contributed by atoms with Crippen LogP contribution >= 0.6 is 11.8 Å². The Morgan fingerprint density at radius 2 is 2.00 bits per heavy atom. The van der Waals surface area contributed by atoms with E-state index in [2.05, 4.69) is 23.3 Å². The van der Waals surface area contributed by atoms with E-state index in [1.54, 1.807) is 46.9 Å². The van der Waals surface area contributed by atoms with Crippen LogP contribution in [0, 0.1) is 0 Å². The van der Waals surface area contributed by atoms with Gasteiger partial charge in [-0.3, -0.25) is 19.1 Å². The van der Waals surface area contributed by atoms with Crippen LogP contribution < -0.4 is 10.9 Å². The zero-order valence-corrected chi connectivity index (χ0v) is 21.3. The molecule has 3 aromatic rings. The number of hydrogen-bond donors (Lipinski definition) is 1. The highest BCUT2D eigenvalue weighted by molar-refractivity contribution is 7.98. The summed E-state index contributed by atoms with van der Waals surface area (Å²) in [6.07, 6.45) is 14.6. The summed E-state index contributed by atoms with van der Waals surface area (Å²) >= 11 is 1.55. The number of benzene rings is 1. The average molecular weight is 491 g/mol. The first kappa shape index (κ1) is 25.2. The van der Waals surface area contributed by atoms with Crippen LogP contribution in [0.3, 0.4) is 0 Å². The summed E-state index contributed by atoms with van der Waals surface area (Å²) in [5.74, 6) is 0.577. The Morgan fingerprint density at radius 1 is 1.14 bits per heavy atom. The second-order valence-electron chi connectivity index (χ2n) is 9.05. The maximum absolute atomic E-state index is 13.4. The van der Waals surface area contributed by atoms with Crippen molar-refractivity contribution in [3.63, 3.8) is 0 Å². The first-order chi connectivity index (χ1) is 17.2. The van der Waals surface area contributed by atoms with Crippen molar-refractivity contribution >= 4 is 28.6 Å². The molecule has 184 valence electrons. The number of rotatable bonds is 11. The van der Waals surface area contributed by atoms with Gasteiger partial charge < -0.3 is 5.32 Å². The first-order valence-corrected chi connectivity index (χ1v) is 13.7. The third kappa shape index (κ3) is 6.82. The summed E-state index contributed by atoms with van der Waals surface area (Å²) in [7, 11) is 0. The lowest BCUT2D eigenvalue weighted by atomic mass is 9.97. The topological polar surface area (TPSA) is 76.9 Å². The monoisotopic (exact) mass is 490 g/mol. The standard InChI is InChI=1S/C28H34N4O2S/c1-2-3-7-18-32-27(34)24-11-10-23(26(33)30-17-14-21-8-5-4-6-9-21)19-25(24)31-28(32)35-20-22-12-15-29-16-13-22/h8,10-13,15-16,19H,2-7,9,14,17-18,20H2,1H3,(H,30,33). The van der Waals surface area contributed by atoms with E-state index in [1.165, 1.54) is 18.4 Å². The van der Waals surface area contributed by atoms with E-state index < -0.39 is 0 Å². The highest BCUT2D eigenvalue weighted by Gasteiger charge is 2.15. The Kier molecular flexibility index (Phi) is 9.12. The predicted octanol–water partition coefficient (Wildman–Crippen LogP) is 5.89. The molecule has 1 aliphatic rings. The Hall–Kier alpha value is -2.93. The molecule has 0 atom stereocenters. The molecular weight excluding hydrogens is 456 g/mol. The lowest BCUT2D eigenvalue weighted by Crippen LogP contribution is -2.26. The van der Waals surface area contributed by atoms with Gasteiger partial charge in [0.25, 0.3) is 11.5 Å². The second kappa shape index (κ2) is 12.7. The van der Waals surface area contributed by atoms with Crippen LogP contribution in [0.15, 0.2) is 64.3 Å². The van der Waals surface area contributed by atoms with Crippen LogP contribution in [0.2, 0.25) is 0 Å². The fraction of sp³-hybridized carbons (Fsp3) is 0.429. The third-order valence-corrected chi connectivity index (χ3v) is 7.45. The average Bonchev–Trinajstić information content (AvgIpc) is 2.90. The van der Waals surface area contributed by atoms with Crippen molar-refractivity contribution in [2.75, 3.05) is 6.54 Å². The summed E-state index contributed by atoms with van der Waals surface area (Å²) in [5.41, 5.74) is 3.63. The van der Waals surface area contributed by atoms with Crippen molar-refractivity contribution in [1.82, 2.24) is 19.9 Å². The summed E-state index contributed by atoms with van der Waals surface area (Å²) in [6, 6.07) is 9.18. The molecule has 0 aliphatic heterocycles. The van der Waals surface area contributed by atoms with Crippen molar-refractivity contribution < 1.29 is 4.79 Å². The van der Waals surface area contributed by atoms with E-state index in [0.717, 1.165) is 44.1 Å². The van der Waals surface area contributed by atoms with E-state index in [0.29, 0.717) is 40.5 Å². The number of hydrogen-bond acceptors (Lipinski definition) is 5. The number of fused-ring (bicyclic) bond motifs is 1. The molecule has 0 radical (unpaired) electrons. The number of allylic oxidation sites excluding steroid dienone is 1. The lowest BCUT2D eigenvalue weighted by molar-refractivity contribution is 0.0954. The zero-order chi connectivity index (χ0) is 24.5. The zero-order valence-electron chi connectivity index (χ0n) is 20.5. The van der Waals surface area contributed by atoms with Crippen LogP contribution in [0.4, 0.5) is 0 Å². The third-order valence-electron chi connectivity index (χ3n) is 6.40. The first-order valence-electron chi connectivity index (χ1n) is 12.7. The SMILES string of the molecule is CCCCCn1c(SCc2ccncc2)nc2cc(C(=O)NCCC3=CCCCC3)ccc2c1=O. The predicted molar refractivity (Wildman–Crippen MR) is 143 cm³/mol. The lowest BCUT2D eigenvalue weighted by Gasteiger charge is -2.14. The number of carbonyl (C=O) groups excluding carboxylic acids is 1. The van der Waals surface area contributed by atoms with Gasteiger partial charge in [0.2, 0.25) is 0 Å². The Morgan fingerprint density at radius 3 is 2.77 bits per heavy atom. The fourth-order valence-corrected chi connectivity index (χ4v) is 5.35. The van der Waals surface area contributed by atoms with Gasteiger partial charge in [-0.15, -0.1) is 0 Å². The Balaban J connectivity index is 1.54. The molecule has 7 heteroatoms. The van der Waals surface area contributed by atoms with E-state index in [-0.39, 0.29) is 11.5 Å². The molecule has 0 saturated carbocycles. The van der Waals surface area contributed by atoms with Gasteiger partial charge in [-0.1, -0.05) is 43.2 Å². The molecule has 4 rings (SSSR count). The van der Waals surface area contributed by atoms with Gasteiger partial charge in [-0.25, -0.2) is 4.98 Å². The summed E-state index contributed by atoms with van der Waals surface area (Å²) < 4.78 is 1.79. The summed E-state index contributed by atoms with van der Waals surface area (Å²) in [4.78, 5) is 35.1. The molecule has 0 saturated heterocycles. The highest BCUT2D eigenvalue weighted by atomic mass is 32.2. The molecule has 0 spiro atoms. The minimum atomic E-state index is -0.122. The van der Waals surface area contributed by atoms with Crippen molar-refractivity contribution in [2.24, 2.45) is 0 Å². The van der Waals surface area contributed by atoms with E-state index in [4.69, 9.17) is 4.98 Å². The molecule has 1 aliphatic carbocycles. The molecular formula is C28H34N4O2S. The van der Waals surface area contributed by atoms with Gasteiger partial charge in [0.1, 0.15) is 0 Å². The van der Waals surface area contributed by atoms with Gasteiger partial charge >= 0.3 is 0 Å². The number of nitrogens with zero attached hydrogens (tertiary/aromatic N) is 3. The van der Waals surface area contributed by atoms with Crippen LogP contribution in [0.25, 0.3) is 10.9 Å². The minimum absolute atomic E-state index is 0.0421. The molecule has 2 aromatic heterocycles. The summed E-state index contributed by atoms with van der Waals surface area (Å²) in [6.45, 7) is 3.42. The van der Waals surface area contributed by atoms with Crippen LogP contribution in [0.5, 0.6) is 0 Å². The van der Waals surface area contributed by atoms with E-state index in [1.807, 2.05) is 12.1 Å². The molecule has 0 bridgehead atoms. The number of aromatic nitrogens is 3. The number of nitrogens with one attached hydrogen (secondary N) is 1. The van der Waals surface area contributed by atoms with E-state index >= 15 is 0 Å². The highest BCUT2D eigenvalue weighted by Crippen LogP contribution is 2.23. The maximum Gasteiger partial charge on any atom is 0.262 e. The van der Waals surface area contributed by atoms with Gasteiger partial charge in [0.15, 0.2) is 5.16 Å². The number of amides is 1. The largest absolute Gasteiger partial charge is 0.352 e. The molecule has 2 heterocycles.